The van der Waals surface area contributed by atoms with Crippen molar-refractivity contribution in [3.8, 4) is 11.5 Å². The molecule has 2 aromatic rings. The fraction of sp³-hybridized carbons (Fsp3) is 0.353. The van der Waals surface area contributed by atoms with Crippen molar-refractivity contribution in [2.75, 3.05) is 20.8 Å². The molecule has 0 aliphatic carbocycles. The number of carbonyl (C=O) groups excluding carboxylic acids is 1. The van der Waals surface area contributed by atoms with Crippen LogP contribution in [0, 0.1) is 0 Å². The van der Waals surface area contributed by atoms with Crippen molar-refractivity contribution in [2.45, 2.75) is 18.8 Å². The van der Waals surface area contributed by atoms with Crippen LogP contribution in [0.25, 0.3) is 10.4 Å². The highest BCUT2D eigenvalue weighted by atomic mass is 16.5. The van der Waals surface area contributed by atoms with E-state index in [-0.39, 0.29) is 18.9 Å². The van der Waals surface area contributed by atoms with E-state index in [1.807, 2.05) is 0 Å². The summed E-state index contributed by atoms with van der Waals surface area (Å²) in [5, 5.41) is 23.2. The van der Waals surface area contributed by atoms with Gasteiger partial charge in [-0.1, -0.05) is 11.2 Å². The molecule has 0 saturated carbocycles. The lowest BCUT2D eigenvalue weighted by Gasteiger charge is -2.18. The van der Waals surface area contributed by atoms with Gasteiger partial charge in [0.15, 0.2) is 11.5 Å². The van der Waals surface area contributed by atoms with Gasteiger partial charge in [0.05, 0.1) is 26.9 Å². The van der Waals surface area contributed by atoms with Gasteiger partial charge in [-0.15, -0.1) is 0 Å². The second kappa shape index (κ2) is 9.48. The zero-order chi connectivity index (χ0) is 19.8. The topological polar surface area (TPSA) is 147 Å². The van der Waals surface area contributed by atoms with Crippen LogP contribution in [0.2, 0.25) is 0 Å². The highest BCUT2D eigenvalue weighted by Crippen LogP contribution is 2.32. The van der Waals surface area contributed by atoms with Crippen molar-refractivity contribution in [1.82, 2.24) is 0 Å². The number of hydrogen-bond acceptors (Lipinski definition) is 8. The van der Waals surface area contributed by atoms with Crippen LogP contribution in [0.1, 0.15) is 28.0 Å². The van der Waals surface area contributed by atoms with Crippen LogP contribution in [-0.4, -0.2) is 43.1 Å². The molecule has 0 saturated heterocycles. The number of nitrogens with zero attached hydrogens (tertiary/aromatic N) is 3. The number of esters is 1. The first-order chi connectivity index (χ1) is 13.0. The van der Waals surface area contributed by atoms with Crippen LogP contribution < -0.4 is 9.47 Å². The first kappa shape index (κ1) is 20.1. The van der Waals surface area contributed by atoms with E-state index in [0.29, 0.717) is 22.8 Å². The van der Waals surface area contributed by atoms with E-state index in [4.69, 9.17) is 19.4 Å². The Bertz CT molecular complexity index is 830. The number of azide groups is 1. The third-order valence-corrected chi connectivity index (χ3v) is 3.64. The van der Waals surface area contributed by atoms with E-state index in [2.05, 4.69) is 14.8 Å². The van der Waals surface area contributed by atoms with Gasteiger partial charge in [0.2, 0.25) is 5.76 Å². The Hall–Kier alpha value is -3.20. The molecule has 0 aliphatic heterocycles. The van der Waals surface area contributed by atoms with E-state index in [1.54, 1.807) is 18.2 Å². The second-order valence-electron chi connectivity index (χ2n) is 5.38. The summed E-state index contributed by atoms with van der Waals surface area (Å²) in [6, 6.07) is 7.67. The molecular formula is C17H19N3O7. The minimum absolute atomic E-state index is 0.0365. The maximum atomic E-state index is 11.4. The number of hydrogen-bond donors (Lipinski definition) is 2. The molecule has 10 nitrogen and oxygen atoms in total. The zero-order valence-electron chi connectivity index (χ0n) is 14.7. The predicted octanol–water partition coefficient (Wildman–Crippen LogP) is 2.36. The van der Waals surface area contributed by atoms with Crippen molar-refractivity contribution >= 4 is 5.97 Å². The first-order valence-electron chi connectivity index (χ1n) is 7.85. The average molecular weight is 377 g/mol. The monoisotopic (exact) mass is 377 g/mol. The lowest BCUT2D eigenvalue weighted by Crippen LogP contribution is -2.21. The largest absolute Gasteiger partial charge is 0.493 e. The summed E-state index contributed by atoms with van der Waals surface area (Å²) in [6.45, 7) is -0.228. The third kappa shape index (κ3) is 5.14. The van der Waals surface area contributed by atoms with Gasteiger partial charge in [0.25, 0.3) is 0 Å². The molecule has 0 amide bonds. The molecule has 0 bridgehead atoms. The van der Waals surface area contributed by atoms with E-state index < -0.39 is 18.2 Å². The molecule has 0 fully saturated rings. The Morgan fingerprint density at radius 1 is 1.26 bits per heavy atom. The quantitative estimate of drug-likeness (QED) is 0.295. The number of rotatable bonds is 9. The zero-order valence-corrected chi connectivity index (χ0v) is 14.7. The van der Waals surface area contributed by atoms with Crippen molar-refractivity contribution in [3.05, 3.63) is 57.9 Å². The first-order valence-corrected chi connectivity index (χ1v) is 7.85. The number of aliphatic hydroxyl groups is 2. The van der Waals surface area contributed by atoms with Crippen LogP contribution in [0.3, 0.4) is 0 Å². The Labute approximate surface area is 154 Å². The Balaban J connectivity index is 2.08. The molecule has 27 heavy (non-hydrogen) atoms. The summed E-state index contributed by atoms with van der Waals surface area (Å²) in [6.07, 6.45) is -2.51. The van der Waals surface area contributed by atoms with Gasteiger partial charge >= 0.3 is 5.97 Å². The average Bonchev–Trinajstić information content (AvgIpc) is 3.18. The molecule has 1 aromatic heterocycles. The van der Waals surface area contributed by atoms with Crippen LogP contribution in [0.15, 0.2) is 39.9 Å². The van der Waals surface area contributed by atoms with Gasteiger partial charge in [-0.3, -0.25) is 0 Å². The van der Waals surface area contributed by atoms with Gasteiger partial charge in [-0.25, -0.2) is 4.79 Å². The molecule has 144 valence electrons. The molecule has 1 aromatic carbocycles. The van der Waals surface area contributed by atoms with Gasteiger partial charge in [0.1, 0.15) is 18.5 Å². The molecular weight excluding hydrogens is 358 g/mol. The fourth-order valence-corrected chi connectivity index (χ4v) is 2.24. The summed E-state index contributed by atoms with van der Waals surface area (Å²) in [7, 11) is 2.68. The smallest absolute Gasteiger partial charge is 0.373 e. The van der Waals surface area contributed by atoms with Crippen molar-refractivity contribution in [2.24, 2.45) is 5.11 Å². The molecule has 2 rings (SSSR count). The molecule has 2 unspecified atom stereocenters. The summed E-state index contributed by atoms with van der Waals surface area (Å²) in [5.41, 5.74) is 8.65. The van der Waals surface area contributed by atoms with E-state index in [9.17, 15) is 15.0 Å². The lowest BCUT2D eigenvalue weighted by atomic mass is 10.0. The lowest BCUT2D eigenvalue weighted by molar-refractivity contribution is 0.0242. The van der Waals surface area contributed by atoms with Gasteiger partial charge < -0.3 is 28.8 Å². The van der Waals surface area contributed by atoms with Crippen molar-refractivity contribution in [1.29, 1.82) is 0 Å². The van der Waals surface area contributed by atoms with Crippen LogP contribution in [-0.2, 0) is 11.3 Å². The molecule has 2 atom stereocenters. The molecule has 2 N–H and O–H groups in total. The van der Waals surface area contributed by atoms with Crippen LogP contribution in [0.4, 0.5) is 0 Å². The summed E-state index contributed by atoms with van der Waals surface area (Å²) < 4.78 is 20.7. The summed E-state index contributed by atoms with van der Waals surface area (Å²) >= 11 is 0. The SMILES string of the molecule is COC(=O)c1ccc(COc2ccc(C(O)C(O)CN=[N+]=[N-])cc2OC)o1. The Morgan fingerprint density at radius 3 is 2.70 bits per heavy atom. The molecule has 1 heterocycles. The van der Waals surface area contributed by atoms with Gasteiger partial charge in [-0.2, -0.15) is 0 Å². The summed E-state index contributed by atoms with van der Waals surface area (Å²) in [4.78, 5) is 13.9. The normalized spacial score (nSPS) is 12.6. The number of methoxy groups -OCH3 is 2. The van der Waals surface area contributed by atoms with Gasteiger partial charge in [-0.05, 0) is 35.4 Å². The minimum Gasteiger partial charge on any atom is -0.493 e. The standard InChI is InChI=1S/C17H19N3O7/c1-24-15-7-10(16(22)12(21)8-19-20-18)3-5-13(15)26-9-11-4-6-14(27-11)17(23)25-2/h3-7,12,16,21-22H,8-9H2,1-2H3. The number of carbonyl (C=O) groups is 1. The number of aliphatic hydroxyl groups excluding tert-OH is 2. The Kier molecular flexibility index (Phi) is 7.07. The minimum atomic E-state index is -1.26. The molecule has 0 radical (unpaired) electrons. The third-order valence-electron chi connectivity index (χ3n) is 3.64. The van der Waals surface area contributed by atoms with Crippen molar-refractivity contribution in [3.63, 3.8) is 0 Å². The molecule has 10 heteroatoms. The molecule has 0 aliphatic rings. The highest BCUT2D eigenvalue weighted by molar-refractivity contribution is 5.86. The van der Waals surface area contributed by atoms with Crippen LogP contribution >= 0.6 is 0 Å². The van der Waals surface area contributed by atoms with Gasteiger partial charge in [0, 0.05) is 4.91 Å². The maximum Gasteiger partial charge on any atom is 0.373 e. The van der Waals surface area contributed by atoms with Crippen molar-refractivity contribution < 1.29 is 33.6 Å². The Morgan fingerprint density at radius 2 is 2.04 bits per heavy atom. The summed E-state index contributed by atoms with van der Waals surface area (Å²) in [5.74, 6) is 0.578. The van der Waals surface area contributed by atoms with E-state index in [1.165, 1.54) is 26.4 Å². The number of ether oxygens (including phenoxy) is 3. The highest BCUT2D eigenvalue weighted by Gasteiger charge is 2.20. The number of benzene rings is 1. The van der Waals surface area contributed by atoms with E-state index in [0.717, 1.165) is 0 Å². The predicted molar refractivity (Wildman–Crippen MR) is 92.4 cm³/mol. The second-order valence-corrected chi connectivity index (χ2v) is 5.38. The fourth-order valence-electron chi connectivity index (χ4n) is 2.24. The van der Waals surface area contributed by atoms with E-state index >= 15 is 0 Å². The molecule has 0 spiro atoms. The van der Waals surface area contributed by atoms with Crippen LogP contribution in [0.5, 0.6) is 11.5 Å². The maximum absolute atomic E-state index is 11.4. The number of furan rings is 1.